The molecule has 4 aromatic heterocycles. The quantitative estimate of drug-likeness (QED) is 0.156. The van der Waals surface area contributed by atoms with Gasteiger partial charge in [-0.2, -0.15) is 0 Å². The second kappa shape index (κ2) is 19.9. The van der Waals surface area contributed by atoms with E-state index in [2.05, 4.69) is 241 Å². The first-order chi connectivity index (χ1) is 38.7. The zero-order chi connectivity index (χ0) is 56.5. The third kappa shape index (κ3) is 8.76. The van der Waals surface area contributed by atoms with E-state index >= 15 is 0 Å². The first kappa shape index (κ1) is 49.5. The van der Waals surface area contributed by atoms with E-state index in [-0.39, 0.29) is 11.8 Å². The minimum absolute atomic E-state index is 0.302. The Labute approximate surface area is 476 Å². The maximum absolute atomic E-state index is 8.73. The van der Waals surface area contributed by atoms with Gasteiger partial charge in [-0.15, -0.1) is 0 Å². The SMILES string of the molecule is Cc1ccccc1-c1cc2c(c[n+]1C)C1(C)CCC2C1(C)C.Cc1ccccc1-c1cc2c(c[n+]1C)C1CCC2C1.[2H]C12CC(Cc3c[n+](C)c(-c4ccccc4C)cc31)C2.[2H]C12CCC(C1)c1c[n+](C)c(-c3ccccc3C)cc12. The average Bonchev–Trinajstić information content (AvgIpc) is 3.35. The molecule has 0 spiro atoms. The predicted octanol–water partition coefficient (Wildman–Crippen LogP) is 15.9. The van der Waals surface area contributed by atoms with Crippen LogP contribution in [0.3, 0.4) is 0 Å². The molecule has 4 nitrogen and oxygen atoms in total. The number of nitrogens with zero attached hydrogens (tertiary/aromatic N) is 4. The average molecular weight is 1050 g/mol. The molecule has 17 rings (SSSR count). The molecule has 4 fully saturated rings. The number of hydrogen-bond donors (Lipinski definition) is 0. The van der Waals surface area contributed by atoms with Gasteiger partial charge in [-0.05, 0) is 214 Å². The molecule has 0 amide bonds. The van der Waals surface area contributed by atoms with Crippen LogP contribution in [0.15, 0.2) is 146 Å². The fourth-order valence-corrected chi connectivity index (χ4v) is 16.5. The Hall–Kier alpha value is -6.52. The van der Waals surface area contributed by atoms with Gasteiger partial charge in [-0.3, -0.25) is 0 Å². The van der Waals surface area contributed by atoms with Crippen LogP contribution >= 0.6 is 0 Å². The molecule has 9 aliphatic rings. The molecule has 402 valence electrons. The first-order valence-corrected chi connectivity index (χ1v) is 30.1. The first-order valence-electron chi connectivity index (χ1n) is 31.1. The van der Waals surface area contributed by atoms with Crippen molar-refractivity contribution in [2.24, 2.45) is 39.5 Å². The highest BCUT2D eigenvalue weighted by Crippen LogP contribution is 2.67. The molecule has 0 radical (unpaired) electrons. The minimum Gasteiger partial charge on any atom is -0.201 e. The highest BCUT2D eigenvalue weighted by atomic mass is 14.9. The lowest BCUT2D eigenvalue weighted by Crippen LogP contribution is -2.37. The third-order valence-electron chi connectivity index (χ3n) is 21.6. The maximum atomic E-state index is 8.73. The zero-order valence-electron chi connectivity index (χ0n) is 51.3. The molecule has 8 bridgehead atoms. The second-order valence-corrected chi connectivity index (χ2v) is 26.4. The van der Waals surface area contributed by atoms with Crippen molar-refractivity contribution in [1.82, 2.24) is 0 Å². The van der Waals surface area contributed by atoms with Crippen LogP contribution in [0.1, 0.15) is 190 Å². The summed E-state index contributed by atoms with van der Waals surface area (Å²) in [7, 11) is 8.64. The predicted molar refractivity (Wildman–Crippen MR) is 322 cm³/mol. The van der Waals surface area contributed by atoms with Crippen molar-refractivity contribution < 1.29 is 21.0 Å². The molecule has 6 unspecified atom stereocenters. The number of pyridine rings is 4. The zero-order valence-corrected chi connectivity index (χ0v) is 49.3. The van der Waals surface area contributed by atoms with Gasteiger partial charge in [0.05, 0.1) is 0 Å². The number of aromatic nitrogens is 4. The fraction of sp³-hybridized carbons (Fsp3) is 0.413. The second-order valence-electron chi connectivity index (χ2n) is 26.4. The van der Waals surface area contributed by atoms with Crippen LogP contribution in [0.5, 0.6) is 0 Å². The standard InChI is InChI=1S/C21H26N.3C18H20N/c1-14-8-6-7-9-15(14)19-12-16-17-10-11-21(4,20(17,2)3)18(16)13-22(19)5;1-12-5-3-4-6-16(12)18-10-17-14-7-13(8-14)9-15(17)11-19(18)2;2*1-12-5-3-4-6-15(12)18-10-16-13-7-8-14(9-13)17(16)11-19(18)2/h6-9,12-13,17H,10-11H2,1-5H3;3*3-6,10-11,13-14H,7-9H2,1-2H3/q4*+1/i;14D;13D;. The lowest BCUT2D eigenvalue weighted by atomic mass is 9.63. The summed E-state index contributed by atoms with van der Waals surface area (Å²) in [5.41, 5.74) is 28.3. The molecule has 0 saturated heterocycles. The monoisotopic (exact) mass is 1040 g/mol. The van der Waals surface area contributed by atoms with Crippen LogP contribution in [-0.2, 0) is 40.0 Å². The Kier molecular flexibility index (Phi) is 12.5. The van der Waals surface area contributed by atoms with Crippen LogP contribution in [0.4, 0.5) is 0 Å². The minimum atomic E-state index is -0.314. The Morgan fingerprint density at radius 3 is 1.37 bits per heavy atom. The summed E-state index contributed by atoms with van der Waals surface area (Å²) in [6, 6.07) is 44.0. The van der Waals surface area contributed by atoms with Crippen molar-refractivity contribution in [3.8, 4) is 45.0 Å². The van der Waals surface area contributed by atoms with E-state index in [1.54, 1.807) is 22.3 Å². The Morgan fingerprint density at radius 2 is 0.835 bits per heavy atom. The van der Waals surface area contributed by atoms with E-state index in [4.69, 9.17) is 2.74 Å². The van der Waals surface area contributed by atoms with Gasteiger partial charge in [0.15, 0.2) is 24.8 Å². The van der Waals surface area contributed by atoms with Crippen LogP contribution in [-0.4, -0.2) is 0 Å². The van der Waals surface area contributed by atoms with Gasteiger partial charge in [0.25, 0.3) is 0 Å². The van der Waals surface area contributed by atoms with Gasteiger partial charge in [0.2, 0.25) is 22.8 Å². The van der Waals surface area contributed by atoms with Crippen LogP contribution in [0, 0.1) is 39.0 Å². The molecule has 6 atom stereocenters. The van der Waals surface area contributed by atoms with Gasteiger partial charge < -0.3 is 0 Å². The smallest absolute Gasteiger partial charge is 0.201 e. The lowest BCUT2D eigenvalue weighted by molar-refractivity contribution is -0.661. The number of hydrogen-bond acceptors (Lipinski definition) is 0. The van der Waals surface area contributed by atoms with E-state index in [9.17, 15) is 0 Å². The lowest BCUT2D eigenvalue weighted by Gasteiger charge is -2.41. The van der Waals surface area contributed by atoms with Crippen molar-refractivity contribution in [3.63, 3.8) is 0 Å². The molecule has 0 N–H and O–H groups in total. The van der Waals surface area contributed by atoms with E-state index in [0.717, 1.165) is 55.8 Å². The van der Waals surface area contributed by atoms with E-state index in [1.165, 1.54) is 128 Å². The number of rotatable bonds is 4. The fourth-order valence-electron chi connectivity index (χ4n) is 16.5. The molecule has 79 heavy (non-hydrogen) atoms. The molecule has 4 aromatic carbocycles. The summed E-state index contributed by atoms with van der Waals surface area (Å²) in [6.07, 6.45) is 22.7. The molecule has 8 aromatic rings. The van der Waals surface area contributed by atoms with Gasteiger partial charge in [0, 0.05) is 76.9 Å². The Balaban J connectivity index is 0.000000102. The van der Waals surface area contributed by atoms with E-state index in [1.807, 2.05) is 0 Å². The third-order valence-corrected chi connectivity index (χ3v) is 21.6. The van der Waals surface area contributed by atoms with Gasteiger partial charge >= 0.3 is 0 Å². The highest BCUT2D eigenvalue weighted by Gasteiger charge is 2.60. The maximum Gasteiger partial charge on any atom is 0.212 e. The summed E-state index contributed by atoms with van der Waals surface area (Å²) in [5.74, 6) is 3.16. The Bertz CT molecular complexity index is 3770. The molecular weight excluding hydrogens is 957 g/mol. The molecule has 4 heterocycles. The van der Waals surface area contributed by atoms with Crippen LogP contribution < -0.4 is 18.3 Å². The normalized spacial score (nSPS) is 27.1. The van der Waals surface area contributed by atoms with Crippen LogP contribution in [0.2, 0.25) is 0 Å². The van der Waals surface area contributed by atoms with Crippen molar-refractivity contribution in [2.75, 3.05) is 0 Å². The summed E-state index contributed by atoms with van der Waals surface area (Å²) >= 11 is 0. The van der Waals surface area contributed by atoms with Crippen molar-refractivity contribution in [2.45, 2.75) is 160 Å². The summed E-state index contributed by atoms with van der Waals surface area (Å²) in [5, 5.41) is 0. The summed E-state index contributed by atoms with van der Waals surface area (Å²) < 4.78 is 26.5. The van der Waals surface area contributed by atoms with Gasteiger partial charge in [-0.25, -0.2) is 18.3 Å². The summed E-state index contributed by atoms with van der Waals surface area (Å²) in [6.45, 7) is 16.1. The molecule has 4 saturated carbocycles. The van der Waals surface area contributed by atoms with Crippen molar-refractivity contribution in [1.29, 1.82) is 0 Å². The van der Waals surface area contributed by atoms with Crippen molar-refractivity contribution >= 4 is 0 Å². The number of fused-ring (bicyclic) bond motifs is 15. The van der Waals surface area contributed by atoms with Crippen LogP contribution in [0.25, 0.3) is 45.0 Å². The number of benzene rings is 4. The van der Waals surface area contributed by atoms with Gasteiger partial charge in [-0.1, -0.05) is 93.6 Å². The van der Waals surface area contributed by atoms with E-state index in [0.29, 0.717) is 16.7 Å². The summed E-state index contributed by atoms with van der Waals surface area (Å²) in [4.78, 5) is 0. The number of aryl methyl sites for hydroxylation is 8. The topological polar surface area (TPSA) is 15.5 Å². The van der Waals surface area contributed by atoms with E-state index < -0.39 is 0 Å². The molecular formula is C75H86N4+4. The van der Waals surface area contributed by atoms with Crippen molar-refractivity contribution in [3.05, 3.63) is 213 Å². The highest BCUT2D eigenvalue weighted by molar-refractivity contribution is 5.66. The molecule has 4 heteroatoms. The molecule has 9 aliphatic carbocycles. The Morgan fingerprint density at radius 1 is 0.418 bits per heavy atom. The van der Waals surface area contributed by atoms with Gasteiger partial charge in [0.1, 0.15) is 28.2 Å². The molecule has 0 aliphatic heterocycles. The largest absolute Gasteiger partial charge is 0.212 e.